The van der Waals surface area contributed by atoms with Gasteiger partial charge < -0.3 is 25.4 Å². The third-order valence-corrected chi connectivity index (χ3v) is 3.83. The minimum atomic E-state index is -1.01. The van der Waals surface area contributed by atoms with Gasteiger partial charge in [0, 0.05) is 26.2 Å². The van der Waals surface area contributed by atoms with E-state index < -0.39 is 12.0 Å². The van der Waals surface area contributed by atoms with Crippen LogP contribution in [-0.2, 0) is 6.54 Å². The molecule has 8 heteroatoms. The van der Waals surface area contributed by atoms with Gasteiger partial charge >= 0.3 is 12.0 Å². The first-order chi connectivity index (χ1) is 13.3. The summed E-state index contributed by atoms with van der Waals surface area (Å²) in [5, 5.41) is 14.3. The van der Waals surface area contributed by atoms with E-state index in [2.05, 4.69) is 10.6 Å². The molecule has 0 saturated carbocycles. The Kier molecular flexibility index (Phi) is 6.97. The average molecular weight is 385 g/mol. The molecular formula is C20H23N3O5. The van der Waals surface area contributed by atoms with Crippen LogP contribution in [0.2, 0.25) is 0 Å². The molecule has 0 spiro atoms. The van der Waals surface area contributed by atoms with E-state index in [1.54, 1.807) is 44.4 Å². The second-order valence-corrected chi connectivity index (χ2v) is 6.15. The Hall–Kier alpha value is -3.55. The fourth-order valence-electron chi connectivity index (χ4n) is 2.41. The lowest BCUT2D eigenvalue weighted by atomic mass is 10.1. The molecular weight excluding hydrogens is 362 g/mol. The number of urea groups is 1. The van der Waals surface area contributed by atoms with Crippen molar-refractivity contribution < 1.29 is 24.2 Å². The van der Waals surface area contributed by atoms with Gasteiger partial charge in [-0.3, -0.25) is 4.79 Å². The number of anilines is 1. The van der Waals surface area contributed by atoms with Gasteiger partial charge in [0.15, 0.2) is 0 Å². The van der Waals surface area contributed by atoms with E-state index in [-0.39, 0.29) is 18.0 Å². The maximum Gasteiger partial charge on any atom is 0.335 e. The Morgan fingerprint density at radius 2 is 1.68 bits per heavy atom. The summed E-state index contributed by atoms with van der Waals surface area (Å²) < 4.78 is 5.51. The minimum absolute atomic E-state index is 0.178. The SMILES string of the molecule is CCOc1ccc(C(=O)N(C)C)cc1NC(=O)NCc1ccc(C(=O)O)cc1. The third-order valence-electron chi connectivity index (χ3n) is 3.83. The van der Waals surface area contributed by atoms with Crippen LogP contribution in [0.1, 0.15) is 33.2 Å². The fraction of sp³-hybridized carbons (Fsp3) is 0.250. The van der Waals surface area contributed by atoms with Gasteiger partial charge in [-0.25, -0.2) is 9.59 Å². The van der Waals surface area contributed by atoms with Gasteiger partial charge in [-0.05, 0) is 42.8 Å². The summed E-state index contributed by atoms with van der Waals surface area (Å²) in [6, 6.07) is 10.6. The van der Waals surface area contributed by atoms with Crippen LogP contribution in [0.25, 0.3) is 0 Å². The van der Waals surface area contributed by atoms with Gasteiger partial charge in [0.1, 0.15) is 5.75 Å². The number of hydrogen-bond donors (Lipinski definition) is 3. The van der Waals surface area contributed by atoms with Crippen molar-refractivity contribution in [3.05, 3.63) is 59.2 Å². The third kappa shape index (κ3) is 5.47. The van der Waals surface area contributed by atoms with Gasteiger partial charge in [-0.2, -0.15) is 0 Å². The number of carboxylic acid groups (broad SMARTS) is 1. The van der Waals surface area contributed by atoms with Crippen molar-refractivity contribution >= 4 is 23.6 Å². The summed E-state index contributed by atoms with van der Waals surface area (Å²) in [5.74, 6) is -0.739. The molecule has 0 heterocycles. The van der Waals surface area contributed by atoms with Crippen LogP contribution in [0.3, 0.4) is 0 Å². The van der Waals surface area contributed by atoms with E-state index in [1.165, 1.54) is 17.0 Å². The Bertz CT molecular complexity index is 863. The number of carbonyl (C=O) groups excluding carboxylic acids is 2. The van der Waals surface area contributed by atoms with Gasteiger partial charge in [-0.1, -0.05) is 12.1 Å². The summed E-state index contributed by atoms with van der Waals surface area (Å²) in [7, 11) is 3.29. The first kappa shape index (κ1) is 20.8. The lowest BCUT2D eigenvalue weighted by Gasteiger charge is -2.15. The number of nitrogens with one attached hydrogen (secondary N) is 2. The van der Waals surface area contributed by atoms with Crippen molar-refractivity contribution in [2.45, 2.75) is 13.5 Å². The van der Waals surface area contributed by atoms with Crippen molar-refractivity contribution in [3.63, 3.8) is 0 Å². The van der Waals surface area contributed by atoms with Gasteiger partial charge in [-0.15, -0.1) is 0 Å². The second kappa shape index (κ2) is 9.40. The number of carbonyl (C=O) groups is 3. The molecule has 3 amide bonds. The van der Waals surface area contributed by atoms with E-state index in [1.807, 2.05) is 6.92 Å². The van der Waals surface area contributed by atoms with Gasteiger partial charge in [0.2, 0.25) is 0 Å². The maximum absolute atomic E-state index is 12.3. The molecule has 0 atom stereocenters. The molecule has 2 aromatic rings. The number of benzene rings is 2. The molecule has 0 radical (unpaired) electrons. The van der Waals surface area contributed by atoms with Crippen molar-refractivity contribution in [1.82, 2.24) is 10.2 Å². The molecule has 8 nitrogen and oxygen atoms in total. The van der Waals surface area contributed by atoms with E-state index in [0.717, 1.165) is 5.56 Å². The van der Waals surface area contributed by atoms with E-state index >= 15 is 0 Å². The van der Waals surface area contributed by atoms with Crippen molar-refractivity contribution in [2.75, 3.05) is 26.0 Å². The quantitative estimate of drug-likeness (QED) is 0.679. The molecule has 0 bridgehead atoms. The minimum Gasteiger partial charge on any atom is -0.492 e. The number of carboxylic acids is 1. The molecule has 28 heavy (non-hydrogen) atoms. The summed E-state index contributed by atoms with van der Waals surface area (Å²) in [4.78, 5) is 36.7. The number of ether oxygens (including phenoxy) is 1. The topological polar surface area (TPSA) is 108 Å². The lowest BCUT2D eigenvalue weighted by Crippen LogP contribution is -2.28. The number of aromatic carboxylic acids is 1. The van der Waals surface area contributed by atoms with Gasteiger partial charge in [0.25, 0.3) is 5.91 Å². The van der Waals surface area contributed by atoms with Crippen molar-refractivity contribution in [2.24, 2.45) is 0 Å². The van der Waals surface area contributed by atoms with Crippen LogP contribution in [-0.4, -0.2) is 48.6 Å². The Morgan fingerprint density at radius 1 is 1.04 bits per heavy atom. The van der Waals surface area contributed by atoms with E-state index in [4.69, 9.17) is 9.84 Å². The molecule has 0 saturated heterocycles. The van der Waals surface area contributed by atoms with E-state index in [9.17, 15) is 14.4 Å². The standard InChI is InChI=1S/C20H23N3O5/c1-4-28-17-10-9-15(18(24)23(2)3)11-16(17)22-20(27)21-12-13-5-7-14(8-6-13)19(25)26/h5-11H,4,12H2,1-3H3,(H,25,26)(H2,21,22,27). The molecule has 0 aliphatic carbocycles. The smallest absolute Gasteiger partial charge is 0.335 e. The monoisotopic (exact) mass is 385 g/mol. The maximum atomic E-state index is 12.3. The van der Waals surface area contributed by atoms with Crippen LogP contribution in [0.15, 0.2) is 42.5 Å². The fourth-order valence-corrected chi connectivity index (χ4v) is 2.41. The highest BCUT2D eigenvalue weighted by Crippen LogP contribution is 2.26. The highest BCUT2D eigenvalue weighted by molar-refractivity contribution is 5.97. The second-order valence-electron chi connectivity index (χ2n) is 6.15. The summed E-state index contributed by atoms with van der Waals surface area (Å²) >= 11 is 0. The predicted octanol–water partition coefficient (Wildman–Crippen LogP) is 2.81. The van der Waals surface area contributed by atoms with Crippen LogP contribution in [0.4, 0.5) is 10.5 Å². The molecule has 0 aliphatic heterocycles. The number of rotatable bonds is 7. The van der Waals surface area contributed by atoms with Crippen molar-refractivity contribution in [3.8, 4) is 5.75 Å². The van der Waals surface area contributed by atoms with Crippen LogP contribution < -0.4 is 15.4 Å². The van der Waals surface area contributed by atoms with Crippen LogP contribution in [0, 0.1) is 0 Å². The Morgan fingerprint density at radius 3 is 2.25 bits per heavy atom. The summed E-state index contributed by atoms with van der Waals surface area (Å²) in [5.41, 5.74) is 1.74. The summed E-state index contributed by atoms with van der Waals surface area (Å²) in [6.07, 6.45) is 0. The van der Waals surface area contributed by atoms with Crippen LogP contribution >= 0.6 is 0 Å². The highest BCUT2D eigenvalue weighted by atomic mass is 16.5. The van der Waals surface area contributed by atoms with Crippen molar-refractivity contribution in [1.29, 1.82) is 0 Å². The Labute approximate surface area is 163 Å². The molecule has 2 rings (SSSR count). The van der Waals surface area contributed by atoms with Crippen LogP contribution in [0.5, 0.6) is 5.75 Å². The summed E-state index contributed by atoms with van der Waals surface area (Å²) in [6.45, 7) is 2.45. The zero-order valence-electron chi connectivity index (χ0n) is 16.0. The predicted molar refractivity (Wildman–Crippen MR) is 105 cm³/mol. The highest BCUT2D eigenvalue weighted by Gasteiger charge is 2.14. The Balaban J connectivity index is 2.07. The largest absolute Gasteiger partial charge is 0.492 e. The molecule has 3 N–H and O–H groups in total. The molecule has 0 fully saturated rings. The molecule has 0 aromatic heterocycles. The molecule has 0 unspecified atom stereocenters. The number of nitrogens with zero attached hydrogens (tertiary/aromatic N) is 1. The zero-order valence-corrected chi connectivity index (χ0v) is 16.0. The lowest BCUT2D eigenvalue weighted by molar-refractivity contribution is 0.0696. The first-order valence-corrected chi connectivity index (χ1v) is 8.67. The molecule has 2 aromatic carbocycles. The molecule has 148 valence electrons. The zero-order chi connectivity index (χ0) is 20.7. The van der Waals surface area contributed by atoms with Gasteiger partial charge in [0.05, 0.1) is 17.9 Å². The number of hydrogen-bond acceptors (Lipinski definition) is 4. The average Bonchev–Trinajstić information content (AvgIpc) is 2.67. The first-order valence-electron chi connectivity index (χ1n) is 8.67. The number of amides is 3. The normalized spacial score (nSPS) is 10.1. The van der Waals surface area contributed by atoms with E-state index in [0.29, 0.717) is 23.6 Å². The molecule has 0 aliphatic rings.